The number of benzene rings is 1. The molecule has 0 heterocycles. The summed E-state index contributed by atoms with van der Waals surface area (Å²) in [6.07, 6.45) is 0.431. The normalized spacial score (nSPS) is 8.85. The van der Waals surface area contributed by atoms with E-state index in [1.54, 1.807) is 0 Å². The minimum Gasteiger partial charge on any atom is -0.496 e. The highest BCUT2D eigenvalue weighted by atomic mass is 79.9. The molecule has 0 bridgehead atoms. The second-order valence-corrected chi connectivity index (χ2v) is 3.04. The van der Waals surface area contributed by atoms with Crippen LogP contribution in [0.4, 0.5) is 4.39 Å². The van der Waals surface area contributed by atoms with E-state index in [2.05, 4.69) is 15.9 Å². The summed E-state index contributed by atoms with van der Waals surface area (Å²) in [7, 11) is 1.38. The van der Waals surface area contributed by atoms with Gasteiger partial charge in [-0.25, -0.2) is 4.39 Å². The van der Waals surface area contributed by atoms with Gasteiger partial charge in [-0.2, -0.15) is 0 Å². The summed E-state index contributed by atoms with van der Waals surface area (Å²) in [6.45, 7) is 0. The van der Waals surface area contributed by atoms with Crippen LogP contribution in [0.2, 0.25) is 0 Å². The number of carbonyl (C=O) groups is 1. The molecule has 3 nitrogen and oxygen atoms in total. The maximum atomic E-state index is 13.0. The standard InChI is InChI=1S/C8H6BrFO2.H3N/c1-12-8-3-5(9)2-7(10)6(8)4-11;/h2-4H,1H3;1H3. The van der Waals surface area contributed by atoms with Gasteiger partial charge in [0, 0.05) is 4.47 Å². The smallest absolute Gasteiger partial charge is 0.156 e. The maximum Gasteiger partial charge on any atom is 0.156 e. The number of hydrogen-bond donors (Lipinski definition) is 1. The van der Waals surface area contributed by atoms with Gasteiger partial charge in [0.05, 0.1) is 12.7 Å². The molecule has 1 aromatic carbocycles. The van der Waals surface area contributed by atoms with Crippen LogP contribution in [0.25, 0.3) is 0 Å². The molecule has 0 fully saturated rings. The second-order valence-electron chi connectivity index (χ2n) is 2.12. The largest absolute Gasteiger partial charge is 0.496 e. The molecule has 0 saturated carbocycles. The zero-order valence-electron chi connectivity index (χ0n) is 7.01. The quantitative estimate of drug-likeness (QED) is 0.820. The van der Waals surface area contributed by atoms with Crippen LogP contribution in [0.15, 0.2) is 16.6 Å². The number of carbonyl (C=O) groups excluding carboxylic acids is 1. The Morgan fingerprint density at radius 2 is 2.15 bits per heavy atom. The Morgan fingerprint density at radius 1 is 1.54 bits per heavy atom. The predicted octanol–water partition coefficient (Wildman–Crippen LogP) is 2.57. The van der Waals surface area contributed by atoms with E-state index in [0.717, 1.165) is 0 Å². The topological polar surface area (TPSA) is 61.3 Å². The predicted molar refractivity (Wildman–Crippen MR) is 51.1 cm³/mol. The Morgan fingerprint density at radius 3 is 2.62 bits per heavy atom. The SMILES string of the molecule is COc1cc(Br)cc(F)c1C=O.N. The van der Waals surface area contributed by atoms with E-state index in [1.807, 2.05) is 0 Å². The molecule has 72 valence electrons. The molecule has 5 heteroatoms. The third kappa shape index (κ3) is 2.50. The molecular formula is C8H9BrFNO2. The molecule has 0 atom stereocenters. The molecule has 0 aliphatic heterocycles. The van der Waals surface area contributed by atoms with Gasteiger partial charge in [0.25, 0.3) is 0 Å². The van der Waals surface area contributed by atoms with Crippen LogP contribution in [0, 0.1) is 5.82 Å². The first-order chi connectivity index (χ1) is 5.69. The van der Waals surface area contributed by atoms with Gasteiger partial charge >= 0.3 is 0 Å². The molecule has 0 radical (unpaired) electrons. The summed E-state index contributed by atoms with van der Waals surface area (Å²) >= 11 is 3.08. The number of methoxy groups -OCH3 is 1. The Bertz CT molecular complexity index is 317. The highest BCUT2D eigenvalue weighted by molar-refractivity contribution is 9.10. The molecule has 0 saturated heterocycles. The third-order valence-corrected chi connectivity index (χ3v) is 1.85. The molecule has 1 aromatic rings. The van der Waals surface area contributed by atoms with Crippen molar-refractivity contribution in [3.05, 3.63) is 28.0 Å². The number of hydrogen-bond acceptors (Lipinski definition) is 3. The summed E-state index contributed by atoms with van der Waals surface area (Å²) in [4.78, 5) is 10.4. The third-order valence-electron chi connectivity index (χ3n) is 1.39. The van der Waals surface area contributed by atoms with E-state index in [4.69, 9.17) is 4.74 Å². The minimum atomic E-state index is -0.587. The van der Waals surface area contributed by atoms with E-state index in [-0.39, 0.29) is 17.5 Å². The first-order valence-electron chi connectivity index (χ1n) is 3.17. The van der Waals surface area contributed by atoms with Gasteiger partial charge in [0.15, 0.2) is 6.29 Å². The molecule has 0 amide bonds. The molecule has 0 unspecified atom stereocenters. The molecule has 0 aliphatic carbocycles. The lowest BCUT2D eigenvalue weighted by Gasteiger charge is -2.04. The van der Waals surface area contributed by atoms with Crippen molar-refractivity contribution in [2.75, 3.05) is 7.11 Å². The summed E-state index contributed by atoms with van der Waals surface area (Å²) in [5, 5.41) is 0. The Balaban J connectivity index is 0.00000144. The van der Waals surface area contributed by atoms with Crippen molar-refractivity contribution in [3.63, 3.8) is 0 Å². The van der Waals surface area contributed by atoms with Crippen molar-refractivity contribution in [1.82, 2.24) is 6.15 Å². The van der Waals surface area contributed by atoms with Crippen LogP contribution >= 0.6 is 15.9 Å². The van der Waals surface area contributed by atoms with Crippen molar-refractivity contribution in [2.45, 2.75) is 0 Å². The average molecular weight is 250 g/mol. The lowest BCUT2D eigenvalue weighted by molar-refractivity contribution is 0.111. The van der Waals surface area contributed by atoms with E-state index >= 15 is 0 Å². The molecule has 3 N–H and O–H groups in total. The highest BCUT2D eigenvalue weighted by Gasteiger charge is 2.09. The molecule has 0 aromatic heterocycles. The maximum absolute atomic E-state index is 13.0. The number of aldehydes is 1. The van der Waals surface area contributed by atoms with E-state index in [1.165, 1.54) is 19.2 Å². The van der Waals surface area contributed by atoms with Crippen molar-refractivity contribution >= 4 is 22.2 Å². The van der Waals surface area contributed by atoms with E-state index in [9.17, 15) is 9.18 Å². The van der Waals surface area contributed by atoms with Gasteiger partial charge in [0.1, 0.15) is 11.6 Å². The lowest BCUT2D eigenvalue weighted by atomic mass is 10.2. The zero-order valence-corrected chi connectivity index (χ0v) is 8.60. The number of ether oxygens (including phenoxy) is 1. The van der Waals surface area contributed by atoms with Crippen molar-refractivity contribution in [3.8, 4) is 5.75 Å². The highest BCUT2D eigenvalue weighted by Crippen LogP contribution is 2.24. The average Bonchev–Trinajstić information content (AvgIpc) is 2.03. The van der Waals surface area contributed by atoms with Crippen LogP contribution in [0.1, 0.15) is 10.4 Å². The van der Waals surface area contributed by atoms with Crippen LogP contribution in [0.3, 0.4) is 0 Å². The monoisotopic (exact) mass is 249 g/mol. The fourth-order valence-corrected chi connectivity index (χ4v) is 1.25. The van der Waals surface area contributed by atoms with Gasteiger partial charge in [-0.1, -0.05) is 15.9 Å². The number of rotatable bonds is 2. The summed E-state index contributed by atoms with van der Waals surface area (Å²) in [6, 6.07) is 2.75. The zero-order chi connectivity index (χ0) is 9.14. The molecule has 1 rings (SSSR count). The van der Waals surface area contributed by atoms with Crippen molar-refractivity contribution < 1.29 is 13.9 Å². The second kappa shape index (κ2) is 4.94. The fraction of sp³-hybridized carbons (Fsp3) is 0.125. The van der Waals surface area contributed by atoms with Gasteiger partial charge < -0.3 is 10.9 Å². The van der Waals surface area contributed by atoms with Crippen molar-refractivity contribution in [2.24, 2.45) is 0 Å². The molecule has 13 heavy (non-hydrogen) atoms. The van der Waals surface area contributed by atoms with Crippen LogP contribution in [-0.2, 0) is 0 Å². The fourth-order valence-electron chi connectivity index (χ4n) is 0.844. The Kier molecular flexibility index (Phi) is 4.58. The van der Waals surface area contributed by atoms with Gasteiger partial charge in [-0.15, -0.1) is 0 Å². The van der Waals surface area contributed by atoms with E-state index in [0.29, 0.717) is 10.8 Å². The lowest BCUT2D eigenvalue weighted by Crippen LogP contribution is -1.94. The molecule has 0 spiro atoms. The van der Waals surface area contributed by atoms with Crippen LogP contribution in [-0.4, -0.2) is 13.4 Å². The van der Waals surface area contributed by atoms with Gasteiger partial charge in [-0.3, -0.25) is 4.79 Å². The molecule has 0 aliphatic rings. The van der Waals surface area contributed by atoms with Crippen LogP contribution < -0.4 is 10.9 Å². The van der Waals surface area contributed by atoms with Gasteiger partial charge in [-0.05, 0) is 12.1 Å². The summed E-state index contributed by atoms with van der Waals surface area (Å²) in [5.74, 6) is -0.354. The minimum absolute atomic E-state index is 0. The van der Waals surface area contributed by atoms with E-state index < -0.39 is 5.82 Å². The van der Waals surface area contributed by atoms with Crippen LogP contribution in [0.5, 0.6) is 5.75 Å². The van der Waals surface area contributed by atoms with Crippen molar-refractivity contribution in [1.29, 1.82) is 0 Å². The summed E-state index contributed by atoms with van der Waals surface area (Å²) in [5.41, 5.74) is -0.0549. The molecular weight excluding hydrogens is 241 g/mol. The Labute approximate surface area is 83.6 Å². The van der Waals surface area contributed by atoms with Gasteiger partial charge in [0.2, 0.25) is 0 Å². The summed E-state index contributed by atoms with van der Waals surface area (Å²) < 4.78 is 18.3. The first kappa shape index (κ1) is 12.1. The Hall–Kier alpha value is -0.940. The number of halogens is 2. The first-order valence-corrected chi connectivity index (χ1v) is 3.96.